The Morgan fingerprint density at radius 3 is 2.87 bits per heavy atom. The fourth-order valence-corrected chi connectivity index (χ4v) is 1.45. The molecule has 4 heteroatoms. The van der Waals surface area contributed by atoms with Gasteiger partial charge in [-0.15, -0.1) is 0 Å². The monoisotopic (exact) mass is 211 g/mol. The van der Waals surface area contributed by atoms with Gasteiger partial charge in [-0.25, -0.2) is 4.98 Å². The van der Waals surface area contributed by atoms with Gasteiger partial charge in [-0.3, -0.25) is 0 Å². The molecule has 15 heavy (non-hydrogen) atoms. The highest BCUT2D eigenvalue weighted by Gasteiger charge is 2.05. The lowest BCUT2D eigenvalue weighted by Gasteiger charge is -2.13. The number of aliphatic hydroxyl groups excluding tert-OH is 1. The normalized spacial score (nSPS) is 13.4. The topological polar surface area (TPSA) is 50.1 Å². The van der Waals surface area contributed by atoms with Crippen LogP contribution in [0.5, 0.6) is 0 Å². The van der Waals surface area contributed by atoms with E-state index in [0.29, 0.717) is 12.6 Å². The lowest BCUT2D eigenvalue weighted by molar-refractivity contribution is 0.167. The molecule has 2 N–H and O–H groups in total. The van der Waals surface area contributed by atoms with Gasteiger partial charge in [0, 0.05) is 25.3 Å². The first-order chi connectivity index (χ1) is 7.15. The second-order valence-electron chi connectivity index (χ2n) is 4.08. The zero-order valence-corrected chi connectivity index (χ0v) is 9.77. The van der Waals surface area contributed by atoms with Crippen LogP contribution in [0.15, 0.2) is 12.5 Å². The molecule has 0 aliphatic carbocycles. The molecule has 0 spiro atoms. The number of nitrogens with zero attached hydrogens (tertiary/aromatic N) is 2. The van der Waals surface area contributed by atoms with E-state index >= 15 is 0 Å². The van der Waals surface area contributed by atoms with Crippen LogP contribution in [0.3, 0.4) is 0 Å². The van der Waals surface area contributed by atoms with Gasteiger partial charge in [0.15, 0.2) is 0 Å². The number of aromatic nitrogens is 2. The fourth-order valence-electron chi connectivity index (χ4n) is 1.45. The van der Waals surface area contributed by atoms with Gasteiger partial charge in [0.25, 0.3) is 0 Å². The third-order valence-electron chi connectivity index (χ3n) is 2.46. The predicted molar refractivity (Wildman–Crippen MR) is 60.6 cm³/mol. The summed E-state index contributed by atoms with van der Waals surface area (Å²) in [5, 5.41) is 12.6. The Hall–Kier alpha value is -0.870. The van der Waals surface area contributed by atoms with E-state index in [1.807, 2.05) is 19.4 Å². The third-order valence-corrected chi connectivity index (χ3v) is 2.46. The van der Waals surface area contributed by atoms with Gasteiger partial charge in [0.1, 0.15) is 0 Å². The van der Waals surface area contributed by atoms with E-state index in [2.05, 4.69) is 28.7 Å². The summed E-state index contributed by atoms with van der Waals surface area (Å²) in [5.74, 6) is 0. The molecule has 0 saturated heterocycles. The predicted octanol–water partition coefficient (Wildman–Crippen LogP) is 1.32. The fraction of sp³-hybridized carbons (Fsp3) is 0.727. The largest absolute Gasteiger partial charge is 0.392 e. The maximum Gasteiger partial charge on any atom is 0.0951 e. The zero-order valence-electron chi connectivity index (χ0n) is 9.77. The summed E-state index contributed by atoms with van der Waals surface area (Å²) in [7, 11) is 0. The number of hydrogen-bond acceptors (Lipinski definition) is 3. The summed E-state index contributed by atoms with van der Waals surface area (Å²) in [6.07, 6.45) is 4.25. The van der Waals surface area contributed by atoms with Gasteiger partial charge in [0.05, 0.1) is 18.1 Å². The Bertz CT molecular complexity index is 283. The van der Waals surface area contributed by atoms with Gasteiger partial charge in [-0.1, -0.05) is 6.92 Å². The van der Waals surface area contributed by atoms with Crippen LogP contribution < -0.4 is 5.32 Å². The molecular weight excluding hydrogens is 190 g/mol. The smallest absolute Gasteiger partial charge is 0.0951 e. The van der Waals surface area contributed by atoms with Crippen LogP contribution in [0.2, 0.25) is 0 Å². The molecule has 0 saturated carbocycles. The minimum atomic E-state index is -0.250. The Labute approximate surface area is 91.3 Å². The molecule has 1 unspecified atom stereocenters. The van der Waals surface area contributed by atoms with Crippen molar-refractivity contribution in [3.8, 4) is 0 Å². The quantitative estimate of drug-likeness (QED) is 0.746. The number of rotatable bonds is 6. The van der Waals surface area contributed by atoms with Crippen molar-refractivity contribution >= 4 is 0 Å². The summed E-state index contributed by atoms with van der Waals surface area (Å²) in [6.45, 7) is 7.64. The summed E-state index contributed by atoms with van der Waals surface area (Å²) in [6, 6.07) is 0.431. The molecule has 1 aromatic heterocycles. The van der Waals surface area contributed by atoms with Gasteiger partial charge in [0.2, 0.25) is 0 Å². The van der Waals surface area contributed by atoms with Crippen molar-refractivity contribution < 1.29 is 5.11 Å². The number of hydrogen-bond donors (Lipinski definition) is 2. The second-order valence-corrected chi connectivity index (χ2v) is 4.08. The molecule has 1 aromatic rings. The number of imidazole rings is 1. The van der Waals surface area contributed by atoms with E-state index in [0.717, 1.165) is 18.7 Å². The Balaban J connectivity index is 2.40. The van der Waals surface area contributed by atoms with E-state index in [9.17, 15) is 5.11 Å². The van der Waals surface area contributed by atoms with Gasteiger partial charge >= 0.3 is 0 Å². The Morgan fingerprint density at radius 2 is 2.27 bits per heavy atom. The van der Waals surface area contributed by atoms with Crippen LogP contribution >= 0.6 is 0 Å². The van der Waals surface area contributed by atoms with E-state index < -0.39 is 0 Å². The molecule has 1 rings (SSSR count). The molecule has 0 aliphatic rings. The van der Waals surface area contributed by atoms with E-state index in [1.165, 1.54) is 0 Å². The molecule has 4 nitrogen and oxygen atoms in total. The zero-order chi connectivity index (χ0) is 11.3. The lowest BCUT2D eigenvalue weighted by atomic mass is 10.3. The first-order valence-electron chi connectivity index (χ1n) is 5.54. The van der Waals surface area contributed by atoms with Crippen LogP contribution in [0, 0.1) is 0 Å². The van der Waals surface area contributed by atoms with Crippen LogP contribution in [-0.4, -0.2) is 27.3 Å². The van der Waals surface area contributed by atoms with Crippen LogP contribution in [0.1, 0.15) is 38.9 Å². The number of aliphatic hydroxyl groups is 1. The number of nitrogens with one attached hydrogen (secondary N) is 1. The average Bonchev–Trinajstić information content (AvgIpc) is 2.65. The minimum Gasteiger partial charge on any atom is -0.392 e. The van der Waals surface area contributed by atoms with E-state index in [-0.39, 0.29) is 6.10 Å². The van der Waals surface area contributed by atoms with Crippen molar-refractivity contribution in [1.82, 2.24) is 14.9 Å². The first kappa shape index (κ1) is 12.2. The van der Waals surface area contributed by atoms with E-state index in [4.69, 9.17) is 0 Å². The Morgan fingerprint density at radius 1 is 1.53 bits per heavy atom. The van der Waals surface area contributed by atoms with Gasteiger partial charge in [-0.05, 0) is 20.3 Å². The summed E-state index contributed by atoms with van der Waals surface area (Å²) >= 11 is 0. The molecule has 1 atom stereocenters. The minimum absolute atomic E-state index is 0.250. The van der Waals surface area contributed by atoms with Gasteiger partial charge in [-0.2, -0.15) is 0 Å². The standard InChI is InChI=1S/C11H21N3O/c1-4-11(15)7-12-5-10-6-13-8-14(10)9(2)3/h6,8-9,11-12,15H,4-5,7H2,1-3H3. The van der Waals surface area contributed by atoms with Crippen molar-refractivity contribution in [2.75, 3.05) is 6.54 Å². The molecule has 0 radical (unpaired) electrons. The SMILES string of the molecule is CCC(O)CNCc1cncn1C(C)C. The molecule has 0 amide bonds. The Kier molecular flexibility index (Phi) is 4.78. The lowest BCUT2D eigenvalue weighted by Crippen LogP contribution is -2.26. The third kappa shape index (κ3) is 3.64. The molecule has 0 aliphatic heterocycles. The maximum atomic E-state index is 9.38. The molecule has 0 fully saturated rings. The van der Waals surface area contributed by atoms with Crippen molar-refractivity contribution in [2.45, 2.75) is 45.9 Å². The first-order valence-corrected chi connectivity index (χ1v) is 5.54. The highest BCUT2D eigenvalue weighted by molar-refractivity contribution is 4.99. The van der Waals surface area contributed by atoms with Crippen molar-refractivity contribution in [3.05, 3.63) is 18.2 Å². The summed E-state index contributed by atoms with van der Waals surface area (Å²) < 4.78 is 2.13. The maximum absolute atomic E-state index is 9.38. The molecule has 0 bridgehead atoms. The molecule has 86 valence electrons. The van der Waals surface area contributed by atoms with Crippen molar-refractivity contribution in [3.63, 3.8) is 0 Å². The van der Waals surface area contributed by atoms with E-state index in [1.54, 1.807) is 0 Å². The van der Waals surface area contributed by atoms with Crippen LogP contribution in [0.4, 0.5) is 0 Å². The average molecular weight is 211 g/mol. The van der Waals surface area contributed by atoms with Crippen LogP contribution in [0.25, 0.3) is 0 Å². The highest BCUT2D eigenvalue weighted by Crippen LogP contribution is 2.08. The molecule has 0 aromatic carbocycles. The van der Waals surface area contributed by atoms with Crippen LogP contribution in [-0.2, 0) is 6.54 Å². The summed E-state index contributed by atoms with van der Waals surface area (Å²) in [4.78, 5) is 4.12. The second kappa shape index (κ2) is 5.88. The summed E-state index contributed by atoms with van der Waals surface area (Å²) in [5.41, 5.74) is 1.16. The van der Waals surface area contributed by atoms with Crippen molar-refractivity contribution in [1.29, 1.82) is 0 Å². The molecule has 1 heterocycles. The molecular formula is C11H21N3O. The van der Waals surface area contributed by atoms with Gasteiger partial charge < -0.3 is 15.0 Å². The van der Waals surface area contributed by atoms with Crippen molar-refractivity contribution in [2.24, 2.45) is 0 Å². The highest BCUT2D eigenvalue weighted by atomic mass is 16.3.